The molecule has 2 rings (SSSR count). The summed E-state index contributed by atoms with van der Waals surface area (Å²) in [5.41, 5.74) is 1.11. The van der Waals surface area contributed by atoms with Gasteiger partial charge in [-0.3, -0.25) is 9.59 Å². The third-order valence-electron chi connectivity index (χ3n) is 3.40. The first kappa shape index (κ1) is 12.6. The molecule has 1 heterocycles. The van der Waals surface area contributed by atoms with E-state index in [0.717, 1.165) is 19.4 Å². The highest BCUT2D eigenvalue weighted by atomic mass is 16.4. The number of benzene rings is 1. The van der Waals surface area contributed by atoms with E-state index in [1.807, 2.05) is 11.8 Å². The lowest BCUT2D eigenvalue weighted by Crippen LogP contribution is -2.34. The predicted molar refractivity (Wildman–Crippen MR) is 67.5 cm³/mol. The van der Waals surface area contributed by atoms with Gasteiger partial charge in [-0.2, -0.15) is 0 Å². The SMILES string of the molecule is CC1CCCN1C(=O)c1ccccc1CC(=O)O. The molecule has 1 aromatic carbocycles. The fraction of sp³-hybridized carbons (Fsp3) is 0.429. The number of carboxylic acid groups (broad SMARTS) is 1. The average molecular weight is 247 g/mol. The fourth-order valence-corrected chi connectivity index (χ4v) is 2.44. The van der Waals surface area contributed by atoms with E-state index >= 15 is 0 Å². The lowest BCUT2D eigenvalue weighted by molar-refractivity contribution is -0.136. The van der Waals surface area contributed by atoms with Gasteiger partial charge >= 0.3 is 5.97 Å². The molecule has 1 atom stereocenters. The van der Waals surface area contributed by atoms with Gasteiger partial charge in [0.05, 0.1) is 6.42 Å². The maximum atomic E-state index is 12.4. The van der Waals surface area contributed by atoms with Gasteiger partial charge in [-0.1, -0.05) is 18.2 Å². The third-order valence-corrected chi connectivity index (χ3v) is 3.40. The Bertz CT molecular complexity index is 470. The van der Waals surface area contributed by atoms with E-state index in [0.29, 0.717) is 11.1 Å². The summed E-state index contributed by atoms with van der Waals surface area (Å²) in [4.78, 5) is 25.0. The number of hydrogen-bond acceptors (Lipinski definition) is 2. The van der Waals surface area contributed by atoms with Crippen molar-refractivity contribution in [3.8, 4) is 0 Å². The van der Waals surface area contributed by atoms with Crippen LogP contribution in [0, 0.1) is 0 Å². The zero-order valence-electron chi connectivity index (χ0n) is 10.4. The molecule has 4 nitrogen and oxygen atoms in total. The largest absolute Gasteiger partial charge is 0.481 e. The lowest BCUT2D eigenvalue weighted by atomic mass is 10.0. The molecule has 18 heavy (non-hydrogen) atoms. The number of hydrogen-bond donors (Lipinski definition) is 1. The molecule has 1 amide bonds. The normalized spacial score (nSPS) is 18.9. The monoisotopic (exact) mass is 247 g/mol. The van der Waals surface area contributed by atoms with Crippen LogP contribution in [-0.2, 0) is 11.2 Å². The van der Waals surface area contributed by atoms with Crippen LogP contribution >= 0.6 is 0 Å². The van der Waals surface area contributed by atoms with E-state index in [2.05, 4.69) is 0 Å². The summed E-state index contributed by atoms with van der Waals surface area (Å²) >= 11 is 0. The minimum atomic E-state index is -0.912. The Hall–Kier alpha value is -1.84. The van der Waals surface area contributed by atoms with Crippen LogP contribution < -0.4 is 0 Å². The Kier molecular flexibility index (Phi) is 3.65. The molecule has 0 radical (unpaired) electrons. The van der Waals surface area contributed by atoms with Gasteiger partial charge in [0.25, 0.3) is 5.91 Å². The van der Waals surface area contributed by atoms with Crippen LogP contribution in [0.25, 0.3) is 0 Å². The fourth-order valence-electron chi connectivity index (χ4n) is 2.44. The first-order valence-corrected chi connectivity index (χ1v) is 6.20. The first-order chi connectivity index (χ1) is 8.59. The van der Waals surface area contributed by atoms with Crippen LogP contribution in [0.15, 0.2) is 24.3 Å². The summed E-state index contributed by atoms with van der Waals surface area (Å²) in [7, 11) is 0. The molecule has 1 aliphatic rings. The van der Waals surface area contributed by atoms with Crippen molar-refractivity contribution < 1.29 is 14.7 Å². The molecule has 1 fully saturated rings. The van der Waals surface area contributed by atoms with E-state index in [1.54, 1.807) is 24.3 Å². The maximum Gasteiger partial charge on any atom is 0.307 e. The van der Waals surface area contributed by atoms with Crippen LogP contribution in [0.4, 0.5) is 0 Å². The Labute approximate surface area is 106 Å². The number of likely N-dealkylation sites (tertiary alicyclic amines) is 1. The molecule has 1 N–H and O–H groups in total. The summed E-state index contributed by atoms with van der Waals surface area (Å²) in [6.45, 7) is 2.80. The van der Waals surface area contributed by atoms with Crippen molar-refractivity contribution in [1.82, 2.24) is 4.90 Å². The van der Waals surface area contributed by atoms with Gasteiger partial charge in [-0.25, -0.2) is 0 Å². The highest BCUT2D eigenvalue weighted by Gasteiger charge is 2.27. The second-order valence-electron chi connectivity index (χ2n) is 4.72. The van der Waals surface area contributed by atoms with Gasteiger partial charge in [0.2, 0.25) is 0 Å². The van der Waals surface area contributed by atoms with Crippen LogP contribution in [0.5, 0.6) is 0 Å². The number of carbonyl (C=O) groups is 2. The van der Waals surface area contributed by atoms with Gasteiger partial charge < -0.3 is 10.0 Å². The van der Waals surface area contributed by atoms with Gasteiger partial charge in [0, 0.05) is 18.2 Å². The Morgan fingerprint density at radius 1 is 1.39 bits per heavy atom. The van der Waals surface area contributed by atoms with Crippen LogP contribution in [0.2, 0.25) is 0 Å². The summed E-state index contributed by atoms with van der Waals surface area (Å²) in [6, 6.07) is 7.21. The van der Waals surface area contributed by atoms with Crippen molar-refractivity contribution in [1.29, 1.82) is 0 Å². The maximum absolute atomic E-state index is 12.4. The van der Waals surface area contributed by atoms with Gasteiger partial charge in [0.15, 0.2) is 0 Å². The van der Waals surface area contributed by atoms with Crippen LogP contribution in [0.1, 0.15) is 35.7 Å². The van der Waals surface area contributed by atoms with Crippen LogP contribution in [-0.4, -0.2) is 34.5 Å². The van der Waals surface area contributed by atoms with Crippen LogP contribution in [0.3, 0.4) is 0 Å². The predicted octanol–water partition coefficient (Wildman–Crippen LogP) is 1.94. The Balaban J connectivity index is 2.26. The zero-order valence-corrected chi connectivity index (χ0v) is 10.4. The van der Waals surface area contributed by atoms with E-state index in [-0.39, 0.29) is 18.4 Å². The molecule has 0 aromatic heterocycles. The molecule has 1 saturated heterocycles. The molecule has 96 valence electrons. The number of carbonyl (C=O) groups excluding carboxylic acids is 1. The molecule has 0 saturated carbocycles. The summed E-state index contributed by atoms with van der Waals surface area (Å²) in [5.74, 6) is -0.957. The first-order valence-electron chi connectivity index (χ1n) is 6.20. The molecule has 0 bridgehead atoms. The quantitative estimate of drug-likeness (QED) is 0.888. The highest BCUT2D eigenvalue weighted by Crippen LogP contribution is 2.21. The molecule has 0 spiro atoms. The van der Waals surface area contributed by atoms with E-state index in [4.69, 9.17) is 5.11 Å². The lowest BCUT2D eigenvalue weighted by Gasteiger charge is -2.22. The number of carboxylic acids is 1. The summed E-state index contributed by atoms with van der Waals surface area (Å²) in [6.07, 6.45) is 1.94. The highest BCUT2D eigenvalue weighted by molar-refractivity contribution is 5.97. The van der Waals surface area contributed by atoms with Gasteiger partial charge in [-0.05, 0) is 31.4 Å². The Morgan fingerprint density at radius 2 is 2.11 bits per heavy atom. The topological polar surface area (TPSA) is 57.6 Å². The number of aliphatic carboxylic acids is 1. The van der Waals surface area contributed by atoms with Crippen molar-refractivity contribution in [2.45, 2.75) is 32.2 Å². The van der Waals surface area contributed by atoms with Crippen molar-refractivity contribution >= 4 is 11.9 Å². The standard InChI is InChI=1S/C14H17NO3/c1-10-5-4-8-15(10)14(18)12-7-3-2-6-11(12)9-13(16)17/h2-3,6-7,10H,4-5,8-9H2,1H3,(H,16,17). The van der Waals surface area contributed by atoms with E-state index in [9.17, 15) is 9.59 Å². The second kappa shape index (κ2) is 5.21. The average Bonchev–Trinajstić information content (AvgIpc) is 2.74. The second-order valence-corrected chi connectivity index (χ2v) is 4.72. The van der Waals surface area contributed by atoms with Crippen molar-refractivity contribution in [2.75, 3.05) is 6.54 Å². The number of amides is 1. The summed E-state index contributed by atoms with van der Waals surface area (Å²) < 4.78 is 0. The molecule has 1 aromatic rings. The molecular formula is C14H17NO3. The smallest absolute Gasteiger partial charge is 0.307 e. The molecule has 0 aliphatic carbocycles. The van der Waals surface area contributed by atoms with E-state index in [1.165, 1.54) is 0 Å². The minimum Gasteiger partial charge on any atom is -0.481 e. The number of rotatable bonds is 3. The van der Waals surface area contributed by atoms with Crippen molar-refractivity contribution in [3.05, 3.63) is 35.4 Å². The van der Waals surface area contributed by atoms with Crippen molar-refractivity contribution in [3.63, 3.8) is 0 Å². The van der Waals surface area contributed by atoms with Gasteiger partial charge in [-0.15, -0.1) is 0 Å². The molecule has 4 heteroatoms. The molecule has 1 unspecified atom stereocenters. The number of nitrogens with zero attached hydrogens (tertiary/aromatic N) is 1. The molecule has 1 aliphatic heterocycles. The zero-order chi connectivity index (χ0) is 13.1. The third kappa shape index (κ3) is 2.53. The minimum absolute atomic E-state index is 0.0446. The molecular weight excluding hydrogens is 230 g/mol. The summed E-state index contributed by atoms with van der Waals surface area (Å²) in [5, 5.41) is 8.87. The van der Waals surface area contributed by atoms with Gasteiger partial charge in [0.1, 0.15) is 0 Å². The van der Waals surface area contributed by atoms with Crippen molar-refractivity contribution in [2.24, 2.45) is 0 Å². The van der Waals surface area contributed by atoms with E-state index < -0.39 is 5.97 Å². The Morgan fingerprint density at radius 3 is 2.72 bits per heavy atom.